The van der Waals surface area contributed by atoms with Crippen molar-refractivity contribution in [1.29, 1.82) is 10.5 Å². The number of fused-ring (bicyclic) bond motifs is 4. The number of hydrogen-bond donors (Lipinski definition) is 3. The third-order valence-electron chi connectivity index (χ3n) is 21.3. The van der Waals surface area contributed by atoms with Crippen molar-refractivity contribution >= 4 is 129 Å². The maximum absolute atomic E-state index is 13.2. The van der Waals surface area contributed by atoms with Gasteiger partial charge in [-0.25, -0.2) is 45.1 Å². The van der Waals surface area contributed by atoms with Gasteiger partial charge in [-0.1, -0.05) is 67.3 Å². The van der Waals surface area contributed by atoms with Crippen LogP contribution in [0.1, 0.15) is 120 Å². The number of aromatic hydroxyl groups is 1. The Balaban J connectivity index is 0.000000136. The standard InChI is InChI=1S/C17H20BF2NO3S.C17H11F2N3O2S.C12H24B2O4.C11H8BrF2NOS.C11H9F2NO2S.C6H3FN2.H2O2/c1-15(2)16(3,4)24-18(23-15)11-5-6-12-13(7-11)25-14(22)21(12)9-10-8-17(10,19)20;18-17(19)7-11(17)9-22-13-4-3-12(6-14(13)25-16(22)23)24-15-10(8-20)2-1-5-21-15;1-9(2)10(3,4)16-13(15-9)14-17-11(5,6)12(7,8)18-14;12-7-1-2-8-9(3-7)17-10(16)15(8)5-6-4-11(6,13)14;12-11(13)4-6(11)5-14-8-2-1-7(15)3-9(8)17-10(14)16;7-6-5(4-8)2-1-3-9-6;1-2/h5-7,10H,8-9H2,1-4H3;1-6,11H,7,9H2;1-8H3;1-3,6H,4-5H2;1-3,6,15H,4-5H2;1-3H;1-2H. The van der Waals surface area contributed by atoms with E-state index in [0.29, 0.717) is 37.3 Å². The third-order valence-corrected chi connectivity index (χ3v) is 25.6. The summed E-state index contributed by atoms with van der Waals surface area (Å²) in [6.45, 7) is 24.4. The topological polar surface area (TPSA) is 287 Å². The summed E-state index contributed by atoms with van der Waals surface area (Å²) < 4.78 is 167. The highest BCUT2D eigenvalue weighted by Crippen LogP contribution is 2.53. The van der Waals surface area contributed by atoms with Crippen LogP contribution in [0, 0.1) is 52.3 Å². The van der Waals surface area contributed by atoms with Crippen LogP contribution in [0.5, 0.6) is 17.4 Å². The number of ether oxygens (including phenoxy) is 1. The molecule has 0 spiro atoms. The Kier molecular flexibility index (Phi) is 24.4. The van der Waals surface area contributed by atoms with Crippen molar-refractivity contribution in [3.05, 3.63) is 170 Å². The first-order valence-corrected chi connectivity index (χ1v) is 39.4. The molecule has 0 amide bonds. The monoisotopic (exact) mass is 1710 g/mol. The second-order valence-corrected chi connectivity index (χ2v) is 35.9. The van der Waals surface area contributed by atoms with Crippen LogP contribution in [-0.2, 0) is 54.1 Å². The number of phenols is 1. The van der Waals surface area contributed by atoms with Gasteiger partial charge in [0.15, 0.2) is 0 Å². The molecule has 3 N–H and O–H groups in total. The maximum atomic E-state index is 13.2. The molecular weight excluding hydrogens is 1640 g/mol. The van der Waals surface area contributed by atoms with Gasteiger partial charge in [0, 0.05) is 98.5 Å². The van der Waals surface area contributed by atoms with E-state index in [9.17, 15) is 63.8 Å². The predicted molar refractivity (Wildman–Crippen MR) is 417 cm³/mol. The molecule has 4 saturated carbocycles. The Morgan fingerprint density at radius 2 is 0.805 bits per heavy atom. The van der Waals surface area contributed by atoms with Gasteiger partial charge in [0.1, 0.15) is 34.8 Å². The summed E-state index contributed by atoms with van der Waals surface area (Å²) in [5, 5.41) is 38.5. The lowest BCUT2D eigenvalue weighted by molar-refractivity contribution is -0.176. The van der Waals surface area contributed by atoms with E-state index in [2.05, 4.69) is 25.9 Å². The fourth-order valence-corrected chi connectivity index (χ4v) is 16.3. The van der Waals surface area contributed by atoms with E-state index in [4.69, 9.17) is 53.7 Å². The van der Waals surface area contributed by atoms with E-state index in [1.807, 2.05) is 113 Å². The van der Waals surface area contributed by atoms with Crippen LogP contribution < -0.4 is 29.7 Å². The Hall–Kier alpha value is -7.76. The van der Waals surface area contributed by atoms with Crippen LogP contribution in [0.2, 0.25) is 0 Å². The number of halogens is 10. The summed E-state index contributed by atoms with van der Waals surface area (Å²) in [6, 6.07) is 30.2. The summed E-state index contributed by atoms with van der Waals surface area (Å²) in [6.07, 6.45) is 2.26. The van der Waals surface area contributed by atoms with Gasteiger partial charge >= 0.3 is 40.6 Å². The molecule has 7 aliphatic rings. The van der Waals surface area contributed by atoms with Crippen LogP contribution in [0.3, 0.4) is 0 Å². The molecule has 10 aromatic rings. The molecule has 3 aliphatic heterocycles. The van der Waals surface area contributed by atoms with Gasteiger partial charge in [0.25, 0.3) is 23.7 Å². The summed E-state index contributed by atoms with van der Waals surface area (Å²) in [4.78, 5) is 54.2. The van der Waals surface area contributed by atoms with E-state index in [-0.39, 0.29) is 111 Å². The van der Waals surface area contributed by atoms with E-state index < -0.39 is 85.6 Å². The summed E-state index contributed by atoms with van der Waals surface area (Å²) in [5.74, 6) is -13.4. The first-order chi connectivity index (χ1) is 52.6. The molecule has 4 aromatic carbocycles. The third kappa shape index (κ3) is 19.0. The van der Waals surface area contributed by atoms with Crippen molar-refractivity contribution in [2.45, 2.75) is 192 Å². The van der Waals surface area contributed by atoms with Crippen molar-refractivity contribution in [2.75, 3.05) is 0 Å². The van der Waals surface area contributed by atoms with Gasteiger partial charge in [0.05, 0.1) is 74.5 Å². The average molecular weight is 1710 g/mol. The second-order valence-electron chi connectivity index (χ2n) is 31.0. The summed E-state index contributed by atoms with van der Waals surface area (Å²) >= 11 is 7.44. The molecule has 4 unspecified atom stereocenters. The molecule has 0 radical (unpaired) electrons. The zero-order valence-electron chi connectivity index (χ0n) is 62.9. The van der Waals surface area contributed by atoms with Crippen molar-refractivity contribution in [2.24, 2.45) is 23.7 Å². The maximum Gasteiger partial charge on any atom is 0.494 e. The van der Waals surface area contributed by atoms with Crippen LogP contribution >= 0.6 is 61.3 Å². The van der Waals surface area contributed by atoms with E-state index in [1.165, 1.54) is 54.9 Å². The average Bonchev–Trinajstić information content (AvgIpc) is 1.60. The van der Waals surface area contributed by atoms with E-state index in [1.54, 1.807) is 54.6 Å². The number of phenolic OH excluding ortho intramolecular Hbond substituents is 1. The van der Waals surface area contributed by atoms with Gasteiger partial charge in [0.2, 0.25) is 11.8 Å². The minimum Gasteiger partial charge on any atom is -0.508 e. The Bertz CT molecular complexity index is 5370. The van der Waals surface area contributed by atoms with Gasteiger partial charge in [-0.2, -0.15) is 14.9 Å². The number of pyridine rings is 2. The number of nitriles is 2. The molecule has 113 heavy (non-hydrogen) atoms. The SMILES string of the molecule is CC1(C)OB(B2OC(C)(C)C(C)(C)O2)OC1(C)C.CC1(C)OB(c2ccc3c(c2)sc(=O)n3CC2CC2(F)F)OC1(C)C.N#Cc1cccnc1F.N#Cc1cccnc1Oc1ccc2c(c1)sc(=O)n2CC1CC1(F)F.O=c1sc2cc(Br)ccc2n1CC1CC1(F)F.O=c1sc2cc(O)ccc2n1CC1CC1(F)F.OO. The normalized spacial score (nSPS) is 22.2. The van der Waals surface area contributed by atoms with Crippen molar-refractivity contribution in [3.63, 3.8) is 0 Å². The van der Waals surface area contributed by atoms with Crippen LogP contribution in [-0.4, -0.2) is 122 Å². The lowest BCUT2D eigenvalue weighted by Gasteiger charge is -2.32. The lowest BCUT2D eigenvalue weighted by Crippen LogP contribution is -2.41. The fourth-order valence-electron chi connectivity index (χ4n) is 12.0. The highest BCUT2D eigenvalue weighted by Gasteiger charge is 2.64. The molecule has 3 saturated heterocycles. The van der Waals surface area contributed by atoms with Crippen LogP contribution in [0.4, 0.5) is 39.5 Å². The molecule has 4 atom stereocenters. The fraction of sp³-hybridized carbons (Fsp3) is 0.459. The van der Waals surface area contributed by atoms with Crippen molar-refractivity contribution in [1.82, 2.24) is 28.2 Å². The molecule has 39 heteroatoms. The minimum atomic E-state index is -2.66. The molecular formula is C74H77B3BrF9N8O14S4. The largest absolute Gasteiger partial charge is 0.508 e. The van der Waals surface area contributed by atoms with Gasteiger partial charge in [-0.15, -0.1) is 0 Å². The zero-order chi connectivity index (χ0) is 82.9. The number of benzene rings is 4. The van der Waals surface area contributed by atoms with Crippen LogP contribution in [0.25, 0.3) is 40.9 Å². The molecule has 17 rings (SSSR count). The minimum absolute atomic E-state index is 0.0162. The number of aromatic nitrogens is 6. The summed E-state index contributed by atoms with van der Waals surface area (Å²) in [7, 11) is -1.46. The lowest BCUT2D eigenvalue weighted by atomic mass is 9.49. The first kappa shape index (κ1) is 86.1. The number of alkyl halides is 8. The first-order valence-electron chi connectivity index (χ1n) is 35.3. The molecule has 22 nitrogen and oxygen atoms in total. The number of hydrogen-bond acceptors (Lipinski definition) is 22. The van der Waals surface area contributed by atoms with Crippen molar-refractivity contribution < 1.29 is 87.8 Å². The zero-order valence-corrected chi connectivity index (χ0v) is 67.8. The molecule has 7 fully saturated rings. The van der Waals surface area contributed by atoms with Gasteiger partial charge in [-0.05, 0) is 173 Å². The molecule has 6 aromatic heterocycles. The van der Waals surface area contributed by atoms with Gasteiger partial charge in [-0.3, -0.25) is 48.0 Å². The molecule has 600 valence electrons. The summed E-state index contributed by atoms with van der Waals surface area (Å²) in [5.41, 5.74) is 1.44. The number of nitrogens with zero attached hydrogens (tertiary/aromatic N) is 8. The van der Waals surface area contributed by atoms with Crippen molar-refractivity contribution in [3.8, 4) is 29.5 Å². The molecule has 0 bridgehead atoms. The van der Waals surface area contributed by atoms with Gasteiger partial charge < -0.3 is 37.8 Å². The van der Waals surface area contributed by atoms with Crippen LogP contribution in [0.15, 0.2) is 133 Å². The molecule has 4 aliphatic carbocycles. The quantitative estimate of drug-likeness (QED) is 0.0337. The molecule has 9 heterocycles. The Morgan fingerprint density at radius 3 is 1.18 bits per heavy atom. The number of rotatable bonds is 12. The van der Waals surface area contributed by atoms with E-state index >= 15 is 0 Å². The Labute approximate surface area is 666 Å². The highest BCUT2D eigenvalue weighted by molar-refractivity contribution is 9.10. The number of thiazole rings is 4. The second kappa shape index (κ2) is 32.0. The van der Waals surface area contributed by atoms with E-state index in [0.717, 1.165) is 70.2 Å². The highest BCUT2D eigenvalue weighted by atomic mass is 79.9. The Morgan fingerprint density at radius 1 is 0.478 bits per heavy atom. The smallest absolute Gasteiger partial charge is 0.494 e. The predicted octanol–water partition coefficient (Wildman–Crippen LogP) is 16.1.